The van der Waals surface area contributed by atoms with Gasteiger partial charge in [0, 0.05) is 5.56 Å². The maximum absolute atomic E-state index is 11.6. The van der Waals surface area contributed by atoms with E-state index in [4.69, 9.17) is 18.4 Å². The molecular weight excluding hydrogens is 308 g/mol. The van der Waals surface area contributed by atoms with Crippen LogP contribution >= 0.6 is 0 Å². The van der Waals surface area contributed by atoms with Gasteiger partial charge in [0.25, 0.3) is 10.1 Å². The first-order valence-corrected chi connectivity index (χ1v) is 8.91. The van der Waals surface area contributed by atoms with Gasteiger partial charge in [0.1, 0.15) is 11.9 Å². The first kappa shape index (κ1) is 17.2. The Morgan fingerprint density at radius 2 is 1.68 bits per heavy atom. The van der Waals surface area contributed by atoms with E-state index in [1.165, 1.54) is 0 Å². The zero-order valence-corrected chi connectivity index (χ0v) is 14.1. The molecule has 22 heavy (non-hydrogen) atoms. The molecule has 7 heteroatoms. The second kappa shape index (κ2) is 6.54. The van der Waals surface area contributed by atoms with Crippen molar-refractivity contribution >= 4 is 10.1 Å². The van der Waals surface area contributed by atoms with Crippen LogP contribution in [0.3, 0.4) is 0 Å². The van der Waals surface area contributed by atoms with E-state index < -0.39 is 22.0 Å². The molecule has 1 fully saturated rings. The Kier molecular flexibility index (Phi) is 5.11. The van der Waals surface area contributed by atoms with Crippen molar-refractivity contribution in [2.45, 2.75) is 25.7 Å². The lowest BCUT2D eigenvalue weighted by molar-refractivity contribution is -0.231. The summed E-state index contributed by atoms with van der Waals surface area (Å²) >= 11 is 0. The van der Waals surface area contributed by atoms with E-state index in [2.05, 4.69) is 0 Å². The highest BCUT2D eigenvalue weighted by atomic mass is 32.2. The third-order valence-electron chi connectivity index (χ3n) is 3.47. The molecule has 2 rings (SSSR count). The van der Waals surface area contributed by atoms with Gasteiger partial charge in [0.2, 0.25) is 5.79 Å². The molecule has 1 atom stereocenters. The minimum Gasteiger partial charge on any atom is -0.497 e. The molecule has 0 saturated carbocycles. The molecule has 1 aromatic carbocycles. The van der Waals surface area contributed by atoms with Crippen molar-refractivity contribution in [2.24, 2.45) is 5.92 Å². The third kappa shape index (κ3) is 3.60. The van der Waals surface area contributed by atoms with Crippen LogP contribution in [0, 0.1) is 5.92 Å². The topological polar surface area (TPSA) is 71.1 Å². The minimum atomic E-state index is -3.65. The molecule has 0 N–H and O–H groups in total. The van der Waals surface area contributed by atoms with Crippen LogP contribution in [0.5, 0.6) is 5.75 Å². The average Bonchev–Trinajstić information content (AvgIpc) is 2.94. The van der Waals surface area contributed by atoms with Crippen LogP contribution in [-0.2, 0) is 29.6 Å². The smallest absolute Gasteiger partial charge is 0.264 e. The van der Waals surface area contributed by atoms with Gasteiger partial charge in [-0.25, -0.2) is 0 Å². The van der Waals surface area contributed by atoms with Crippen LogP contribution in [0.15, 0.2) is 24.3 Å². The van der Waals surface area contributed by atoms with E-state index in [0.29, 0.717) is 24.5 Å². The molecule has 1 aromatic rings. The van der Waals surface area contributed by atoms with E-state index in [1.54, 1.807) is 31.4 Å². The summed E-state index contributed by atoms with van der Waals surface area (Å²) in [5.74, 6) is -0.666. The fourth-order valence-electron chi connectivity index (χ4n) is 2.55. The van der Waals surface area contributed by atoms with Crippen LogP contribution in [0.25, 0.3) is 0 Å². The maximum Gasteiger partial charge on any atom is 0.264 e. The van der Waals surface area contributed by atoms with Gasteiger partial charge in [-0.3, -0.25) is 4.18 Å². The number of benzene rings is 1. The minimum absolute atomic E-state index is 0.130. The van der Waals surface area contributed by atoms with Crippen molar-refractivity contribution < 1.29 is 26.8 Å². The monoisotopic (exact) mass is 330 g/mol. The van der Waals surface area contributed by atoms with E-state index in [1.807, 2.05) is 13.8 Å². The maximum atomic E-state index is 11.6. The second-order valence-corrected chi connectivity index (χ2v) is 7.16. The van der Waals surface area contributed by atoms with E-state index >= 15 is 0 Å². The molecule has 124 valence electrons. The lowest BCUT2D eigenvalue weighted by atomic mass is 9.92. The molecule has 0 aromatic heterocycles. The number of hydrogen-bond acceptors (Lipinski definition) is 6. The highest BCUT2D eigenvalue weighted by Gasteiger charge is 2.50. The number of methoxy groups -OCH3 is 1. The molecule has 1 saturated heterocycles. The molecule has 1 heterocycles. The summed E-state index contributed by atoms with van der Waals surface area (Å²) in [4.78, 5) is 0. The van der Waals surface area contributed by atoms with Crippen molar-refractivity contribution in [1.29, 1.82) is 0 Å². The standard InChI is InChI=1S/C15H22O6S/c1-11(2)14(21-22(4,16)17)15(19-9-10-20-15)12-5-7-13(18-3)8-6-12/h5-8,11,14H,9-10H2,1-4H3. The predicted molar refractivity (Wildman–Crippen MR) is 81.1 cm³/mol. The molecule has 0 spiro atoms. The zero-order valence-electron chi connectivity index (χ0n) is 13.2. The van der Waals surface area contributed by atoms with Crippen molar-refractivity contribution in [3.8, 4) is 5.75 Å². The Balaban J connectivity index is 2.44. The van der Waals surface area contributed by atoms with Gasteiger partial charge in [-0.2, -0.15) is 8.42 Å². The van der Waals surface area contributed by atoms with Crippen LogP contribution in [0.2, 0.25) is 0 Å². The van der Waals surface area contributed by atoms with Gasteiger partial charge >= 0.3 is 0 Å². The van der Waals surface area contributed by atoms with Gasteiger partial charge in [-0.1, -0.05) is 13.8 Å². The molecule has 1 unspecified atom stereocenters. The predicted octanol–water partition coefficient (Wildman–Crippen LogP) is 1.90. The molecule has 0 bridgehead atoms. The molecule has 1 aliphatic heterocycles. The summed E-state index contributed by atoms with van der Waals surface area (Å²) in [5.41, 5.74) is 0.702. The summed E-state index contributed by atoms with van der Waals surface area (Å²) in [5, 5.41) is 0. The molecule has 1 aliphatic rings. The molecule has 0 amide bonds. The van der Waals surface area contributed by atoms with Gasteiger partial charge < -0.3 is 14.2 Å². The zero-order chi connectivity index (χ0) is 16.4. The first-order valence-electron chi connectivity index (χ1n) is 7.09. The summed E-state index contributed by atoms with van der Waals surface area (Å²) in [6.07, 6.45) is 0.248. The highest BCUT2D eigenvalue weighted by Crippen LogP contribution is 2.40. The third-order valence-corrected chi connectivity index (χ3v) is 4.02. The van der Waals surface area contributed by atoms with Crippen LogP contribution in [0.1, 0.15) is 19.4 Å². The van der Waals surface area contributed by atoms with Gasteiger partial charge in [0.15, 0.2) is 0 Å². The Morgan fingerprint density at radius 3 is 2.09 bits per heavy atom. The Hall–Kier alpha value is -1.15. The summed E-state index contributed by atoms with van der Waals surface area (Å²) in [7, 11) is -2.07. The molecule has 0 radical (unpaired) electrons. The fraction of sp³-hybridized carbons (Fsp3) is 0.600. The lowest BCUT2D eigenvalue weighted by Crippen LogP contribution is -2.46. The fourth-order valence-corrected chi connectivity index (χ4v) is 3.27. The average molecular weight is 330 g/mol. The van der Waals surface area contributed by atoms with Gasteiger partial charge in [0.05, 0.1) is 26.6 Å². The van der Waals surface area contributed by atoms with E-state index in [0.717, 1.165) is 6.26 Å². The van der Waals surface area contributed by atoms with Crippen molar-refractivity contribution in [3.63, 3.8) is 0 Å². The SMILES string of the molecule is COc1ccc(C2(C(OS(C)(=O)=O)C(C)C)OCCO2)cc1. The Morgan fingerprint density at radius 1 is 1.14 bits per heavy atom. The molecule has 6 nitrogen and oxygen atoms in total. The van der Waals surface area contributed by atoms with Crippen LogP contribution in [0.4, 0.5) is 0 Å². The first-order chi connectivity index (χ1) is 10.3. The Labute approximate surface area is 131 Å². The normalized spacial score (nSPS) is 19.3. The van der Waals surface area contributed by atoms with Crippen LogP contribution < -0.4 is 4.74 Å². The Bertz CT molecular complexity index is 587. The molecular formula is C15H22O6S. The highest BCUT2D eigenvalue weighted by molar-refractivity contribution is 7.86. The summed E-state index contributed by atoms with van der Waals surface area (Å²) in [6.45, 7) is 4.49. The summed E-state index contributed by atoms with van der Waals surface area (Å²) in [6, 6.07) is 7.15. The largest absolute Gasteiger partial charge is 0.497 e. The number of rotatable bonds is 6. The van der Waals surface area contributed by atoms with Crippen LogP contribution in [-0.4, -0.2) is 41.1 Å². The van der Waals surface area contributed by atoms with Crippen molar-refractivity contribution in [1.82, 2.24) is 0 Å². The number of hydrogen-bond donors (Lipinski definition) is 0. The van der Waals surface area contributed by atoms with Gasteiger partial charge in [-0.15, -0.1) is 0 Å². The molecule has 0 aliphatic carbocycles. The van der Waals surface area contributed by atoms with E-state index in [9.17, 15) is 8.42 Å². The number of ether oxygens (including phenoxy) is 3. The summed E-state index contributed by atoms with van der Waals surface area (Å²) < 4.78 is 45.3. The quantitative estimate of drug-likeness (QED) is 0.742. The lowest BCUT2D eigenvalue weighted by Gasteiger charge is -2.37. The second-order valence-electron chi connectivity index (χ2n) is 5.56. The van der Waals surface area contributed by atoms with E-state index in [-0.39, 0.29) is 5.92 Å². The van der Waals surface area contributed by atoms with Crippen molar-refractivity contribution in [3.05, 3.63) is 29.8 Å². The van der Waals surface area contributed by atoms with Gasteiger partial charge in [-0.05, 0) is 30.2 Å². The van der Waals surface area contributed by atoms with Crippen molar-refractivity contribution in [2.75, 3.05) is 26.6 Å².